The van der Waals surface area contributed by atoms with Gasteiger partial charge in [0.25, 0.3) is 0 Å². The summed E-state index contributed by atoms with van der Waals surface area (Å²) in [4.78, 5) is 20.4. The van der Waals surface area contributed by atoms with Gasteiger partial charge in [0.1, 0.15) is 5.78 Å². The van der Waals surface area contributed by atoms with Crippen molar-refractivity contribution in [1.82, 2.24) is 9.97 Å². The molecule has 1 heterocycles. The molecule has 152 valence electrons. The van der Waals surface area contributed by atoms with Crippen LogP contribution in [-0.4, -0.2) is 26.5 Å². The average Bonchev–Trinajstić information content (AvgIpc) is 3.00. The summed E-state index contributed by atoms with van der Waals surface area (Å²) in [7, 11) is 0. The van der Waals surface area contributed by atoms with Gasteiger partial charge in [-0.2, -0.15) is 0 Å². The molecule has 28 heavy (non-hydrogen) atoms. The van der Waals surface area contributed by atoms with Crippen LogP contribution in [0.3, 0.4) is 0 Å². The van der Waals surface area contributed by atoms with Crippen molar-refractivity contribution in [2.45, 2.75) is 76.7 Å². The van der Waals surface area contributed by atoms with Gasteiger partial charge in [0.05, 0.1) is 11.9 Å². The minimum atomic E-state index is -0.269. The highest BCUT2D eigenvalue weighted by Crippen LogP contribution is 2.68. The molecule has 1 aromatic rings. The van der Waals surface area contributed by atoms with E-state index in [0.717, 1.165) is 54.5 Å². The first-order valence-corrected chi connectivity index (χ1v) is 11.7. The standard InChI is InChI=1S/C24H34N2O2/c1-23-8-6-15-16-7-9-24(28)11-21(24)18(16)3-2-17(15)19(23)4-5-20(23)22(27)10-14-12-25-13-26-14/h12-13,15-21,28H,2-11H2,1H3,(H,25,26). The molecule has 4 heteroatoms. The lowest BCUT2D eigenvalue weighted by Crippen LogP contribution is -2.50. The first kappa shape index (κ1) is 17.7. The fourth-order valence-electron chi connectivity index (χ4n) is 8.90. The van der Waals surface area contributed by atoms with E-state index in [9.17, 15) is 9.90 Å². The van der Waals surface area contributed by atoms with Crippen molar-refractivity contribution in [2.24, 2.45) is 46.8 Å². The van der Waals surface area contributed by atoms with Crippen LogP contribution >= 0.6 is 0 Å². The number of aliphatic hydroxyl groups is 1. The summed E-state index contributed by atoms with van der Waals surface area (Å²) < 4.78 is 0. The lowest BCUT2D eigenvalue weighted by Gasteiger charge is -2.56. The maximum Gasteiger partial charge on any atom is 0.142 e. The summed E-state index contributed by atoms with van der Waals surface area (Å²) in [6.07, 6.45) is 15.0. The van der Waals surface area contributed by atoms with E-state index in [0.29, 0.717) is 18.1 Å². The molecule has 6 rings (SSSR count). The summed E-state index contributed by atoms with van der Waals surface area (Å²) in [5, 5.41) is 10.6. The number of nitrogens with one attached hydrogen (secondary N) is 1. The van der Waals surface area contributed by atoms with Crippen molar-refractivity contribution in [1.29, 1.82) is 0 Å². The normalized spacial score (nSPS) is 51.6. The highest BCUT2D eigenvalue weighted by molar-refractivity contribution is 5.84. The number of carbonyl (C=O) groups is 1. The summed E-state index contributed by atoms with van der Waals surface area (Å²) in [5.41, 5.74) is 0.903. The highest BCUT2D eigenvalue weighted by Gasteiger charge is 2.65. The van der Waals surface area contributed by atoms with Gasteiger partial charge >= 0.3 is 0 Å². The molecule has 0 aliphatic heterocycles. The Morgan fingerprint density at radius 2 is 1.82 bits per heavy atom. The fourth-order valence-corrected chi connectivity index (χ4v) is 8.90. The molecular weight excluding hydrogens is 348 g/mol. The van der Waals surface area contributed by atoms with Crippen LogP contribution < -0.4 is 0 Å². The number of ketones is 1. The van der Waals surface area contributed by atoms with Crippen LogP contribution in [0.25, 0.3) is 0 Å². The van der Waals surface area contributed by atoms with Crippen molar-refractivity contribution in [3.8, 4) is 0 Å². The molecular formula is C24H34N2O2. The second-order valence-corrected chi connectivity index (χ2v) is 11.2. The summed E-state index contributed by atoms with van der Waals surface area (Å²) >= 11 is 0. The third kappa shape index (κ3) is 2.39. The zero-order valence-electron chi connectivity index (χ0n) is 17.1. The highest BCUT2D eigenvalue weighted by atomic mass is 16.3. The van der Waals surface area contributed by atoms with E-state index in [2.05, 4.69) is 16.9 Å². The molecule has 0 bridgehead atoms. The van der Waals surface area contributed by atoms with Gasteiger partial charge in [-0.1, -0.05) is 6.92 Å². The van der Waals surface area contributed by atoms with Crippen LogP contribution in [0.5, 0.6) is 0 Å². The third-order valence-electron chi connectivity index (χ3n) is 10.3. The number of rotatable bonds is 3. The number of fused-ring (bicyclic) bond motifs is 7. The maximum absolute atomic E-state index is 13.2. The Bertz CT molecular complexity index is 776. The van der Waals surface area contributed by atoms with Crippen molar-refractivity contribution >= 4 is 5.78 Å². The molecule has 9 atom stereocenters. The van der Waals surface area contributed by atoms with Crippen molar-refractivity contribution in [3.63, 3.8) is 0 Å². The van der Waals surface area contributed by atoms with Crippen LogP contribution in [0.15, 0.2) is 12.5 Å². The molecule has 5 saturated carbocycles. The quantitative estimate of drug-likeness (QED) is 0.825. The Hall–Kier alpha value is -1.16. The van der Waals surface area contributed by atoms with E-state index in [4.69, 9.17) is 0 Å². The first-order chi connectivity index (χ1) is 13.5. The molecule has 2 N–H and O–H groups in total. The number of Topliss-reactive ketones (excluding diaryl/α,β-unsaturated/α-hetero) is 1. The lowest BCUT2D eigenvalue weighted by molar-refractivity contribution is -0.130. The third-order valence-corrected chi connectivity index (χ3v) is 10.3. The first-order valence-electron chi connectivity index (χ1n) is 11.7. The van der Waals surface area contributed by atoms with Gasteiger partial charge in [-0.15, -0.1) is 0 Å². The number of H-pyrrole nitrogens is 1. The lowest BCUT2D eigenvalue weighted by atomic mass is 9.49. The molecule has 1 aromatic heterocycles. The second kappa shape index (κ2) is 5.93. The minimum absolute atomic E-state index is 0.208. The molecule has 5 aliphatic carbocycles. The topological polar surface area (TPSA) is 66.0 Å². The van der Waals surface area contributed by atoms with Crippen LogP contribution in [0.1, 0.15) is 70.4 Å². The number of aromatic amines is 1. The van der Waals surface area contributed by atoms with Crippen LogP contribution in [-0.2, 0) is 11.2 Å². The molecule has 0 saturated heterocycles. The van der Waals surface area contributed by atoms with Crippen LogP contribution in [0, 0.1) is 46.8 Å². The average molecular weight is 383 g/mol. The SMILES string of the molecule is CC12CCC3C4CCC5(O)CC5C4CCC3C1CCC2C(=O)Cc1cnc[nH]1. The fraction of sp³-hybridized carbons (Fsp3) is 0.833. The van der Waals surface area contributed by atoms with Gasteiger partial charge < -0.3 is 10.1 Å². The summed E-state index contributed by atoms with van der Waals surface area (Å²) in [6, 6.07) is 0. The van der Waals surface area contributed by atoms with Gasteiger partial charge in [0, 0.05) is 24.2 Å². The Kier molecular flexibility index (Phi) is 3.75. The summed E-state index contributed by atoms with van der Waals surface area (Å²) in [5.74, 6) is 5.37. The predicted octanol–water partition coefficient (Wildman–Crippen LogP) is 4.15. The minimum Gasteiger partial charge on any atom is -0.390 e. The van der Waals surface area contributed by atoms with Crippen molar-refractivity contribution in [3.05, 3.63) is 18.2 Å². The Balaban J connectivity index is 1.21. The van der Waals surface area contributed by atoms with Gasteiger partial charge in [-0.05, 0) is 98.7 Å². The smallest absolute Gasteiger partial charge is 0.142 e. The summed E-state index contributed by atoms with van der Waals surface area (Å²) in [6.45, 7) is 2.45. The largest absolute Gasteiger partial charge is 0.390 e. The number of aromatic nitrogens is 2. The van der Waals surface area contributed by atoms with Crippen LogP contribution in [0.2, 0.25) is 0 Å². The van der Waals surface area contributed by atoms with E-state index in [-0.39, 0.29) is 16.9 Å². The van der Waals surface area contributed by atoms with Gasteiger partial charge in [-0.25, -0.2) is 4.98 Å². The van der Waals surface area contributed by atoms with Gasteiger partial charge in [-0.3, -0.25) is 4.79 Å². The molecule has 0 spiro atoms. The molecule has 9 unspecified atom stereocenters. The predicted molar refractivity (Wildman–Crippen MR) is 106 cm³/mol. The molecule has 4 nitrogen and oxygen atoms in total. The van der Waals surface area contributed by atoms with E-state index in [1.807, 2.05) is 0 Å². The van der Waals surface area contributed by atoms with Crippen molar-refractivity contribution in [2.75, 3.05) is 0 Å². The zero-order chi connectivity index (χ0) is 19.1. The van der Waals surface area contributed by atoms with E-state index in [1.54, 1.807) is 12.5 Å². The number of carbonyl (C=O) groups excluding carboxylic acids is 1. The van der Waals surface area contributed by atoms with Gasteiger partial charge in [0.2, 0.25) is 0 Å². The number of hydrogen-bond donors (Lipinski definition) is 2. The molecule has 5 aliphatic rings. The molecule has 5 fully saturated rings. The number of nitrogens with zero attached hydrogens (tertiary/aromatic N) is 1. The second-order valence-electron chi connectivity index (χ2n) is 11.2. The Morgan fingerprint density at radius 1 is 1.07 bits per heavy atom. The Morgan fingerprint density at radius 3 is 2.57 bits per heavy atom. The van der Waals surface area contributed by atoms with Gasteiger partial charge in [0.15, 0.2) is 0 Å². The Labute approximate surface area is 167 Å². The molecule has 0 aromatic carbocycles. The van der Waals surface area contributed by atoms with Crippen molar-refractivity contribution < 1.29 is 9.90 Å². The van der Waals surface area contributed by atoms with Crippen LogP contribution in [0.4, 0.5) is 0 Å². The molecule has 0 amide bonds. The number of imidazole rings is 1. The molecule has 0 radical (unpaired) electrons. The van der Waals surface area contributed by atoms with E-state index in [1.165, 1.54) is 38.5 Å². The number of hydrogen-bond acceptors (Lipinski definition) is 3. The maximum atomic E-state index is 13.2. The van der Waals surface area contributed by atoms with E-state index < -0.39 is 0 Å². The monoisotopic (exact) mass is 382 g/mol. The zero-order valence-corrected chi connectivity index (χ0v) is 17.1. The van der Waals surface area contributed by atoms with E-state index >= 15 is 0 Å².